The van der Waals surface area contributed by atoms with Gasteiger partial charge in [-0.25, -0.2) is 0 Å². The van der Waals surface area contributed by atoms with Crippen molar-refractivity contribution in [3.05, 3.63) is 65.2 Å². The van der Waals surface area contributed by atoms with E-state index in [1.165, 1.54) is 16.7 Å². The molecule has 2 rings (SSSR count). The zero-order valence-corrected chi connectivity index (χ0v) is 10.5. The summed E-state index contributed by atoms with van der Waals surface area (Å²) in [7, 11) is 0. The van der Waals surface area contributed by atoms with Crippen molar-refractivity contribution in [1.29, 1.82) is 0 Å². The topological polar surface area (TPSA) is 26.0 Å². The van der Waals surface area contributed by atoms with Crippen molar-refractivity contribution in [2.45, 2.75) is 26.2 Å². The van der Waals surface area contributed by atoms with Crippen LogP contribution in [0.15, 0.2) is 48.5 Å². The number of anilines is 1. The van der Waals surface area contributed by atoms with Gasteiger partial charge in [0.25, 0.3) is 0 Å². The average Bonchev–Trinajstić information content (AvgIpc) is 2.33. The Hall–Kier alpha value is -1.76. The molecule has 0 saturated carbocycles. The highest BCUT2D eigenvalue weighted by molar-refractivity contribution is 5.51. The highest BCUT2D eigenvalue weighted by Crippen LogP contribution is 2.31. The molecule has 0 radical (unpaired) electrons. The van der Waals surface area contributed by atoms with Gasteiger partial charge in [0.2, 0.25) is 0 Å². The van der Waals surface area contributed by atoms with Crippen molar-refractivity contribution in [1.82, 2.24) is 0 Å². The number of nitrogen functional groups attached to an aromatic ring is 1. The zero-order chi connectivity index (χ0) is 12.3. The minimum atomic E-state index is 0.399. The quantitative estimate of drug-likeness (QED) is 0.781. The maximum Gasteiger partial charge on any atom is 0.0352 e. The molecule has 1 nitrogen and oxygen atoms in total. The Morgan fingerprint density at radius 2 is 1.82 bits per heavy atom. The average molecular weight is 225 g/mol. The fourth-order valence-electron chi connectivity index (χ4n) is 2.35. The normalized spacial score (nSPS) is 12.4. The molecular formula is C16H19N. The minimum absolute atomic E-state index is 0.399. The molecule has 0 aromatic heterocycles. The number of rotatable bonds is 3. The van der Waals surface area contributed by atoms with E-state index >= 15 is 0 Å². The summed E-state index contributed by atoms with van der Waals surface area (Å²) in [4.78, 5) is 0. The number of aryl methyl sites for hydroxylation is 1. The standard InChI is InChI=1S/C16H19N/c1-3-14(13-8-6-7-12(2)11-13)15-9-4-5-10-16(15)17/h4-11,14H,3,17H2,1-2H3. The summed E-state index contributed by atoms with van der Waals surface area (Å²) in [6.07, 6.45) is 1.07. The second-order valence-corrected chi connectivity index (χ2v) is 4.50. The van der Waals surface area contributed by atoms with Crippen molar-refractivity contribution in [3.8, 4) is 0 Å². The first-order valence-corrected chi connectivity index (χ1v) is 6.13. The lowest BCUT2D eigenvalue weighted by atomic mass is 9.87. The van der Waals surface area contributed by atoms with Gasteiger partial charge in [-0.3, -0.25) is 0 Å². The molecule has 0 bridgehead atoms. The van der Waals surface area contributed by atoms with Crippen molar-refractivity contribution < 1.29 is 0 Å². The molecule has 1 unspecified atom stereocenters. The Balaban J connectivity index is 2.44. The van der Waals surface area contributed by atoms with E-state index in [1.807, 2.05) is 12.1 Å². The van der Waals surface area contributed by atoms with Gasteiger partial charge in [0.1, 0.15) is 0 Å². The number of benzene rings is 2. The van der Waals surface area contributed by atoms with Crippen LogP contribution in [0.1, 0.15) is 36.0 Å². The van der Waals surface area contributed by atoms with Crippen LogP contribution in [0.5, 0.6) is 0 Å². The van der Waals surface area contributed by atoms with Crippen molar-refractivity contribution in [3.63, 3.8) is 0 Å². The molecule has 0 aliphatic rings. The van der Waals surface area contributed by atoms with Gasteiger partial charge in [-0.1, -0.05) is 55.0 Å². The molecular weight excluding hydrogens is 206 g/mol. The monoisotopic (exact) mass is 225 g/mol. The van der Waals surface area contributed by atoms with Gasteiger partial charge < -0.3 is 5.73 Å². The van der Waals surface area contributed by atoms with Crippen LogP contribution in [0, 0.1) is 6.92 Å². The maximum absolute atomic E-state index is 6.07. The van der Waals surface area contributed by atoms with Crippen molar-refractivity contribution in [2.75, 3.05) is 5.73 Å². The Labute approximate surface area is 103 Å². The third kappa shape index (κ3) is 2.50. The first-order valence-electron chi connectivity index (χ1n) is 6.13. The van der Waals surface area contributed by atoms with Crippen LogP contribution in [-0.2, 0) is 0 Å². The summed E-state index contributed by atoms with van der Waals surface area (Å²) in [5.41, 5.74) is 10.9. The molecule has 2 aromatic carbocycles. The smallest absolute Gasteiger partial charge is 0.0352 e. The molecule has 0 amide bonds. The SMILES string of the molecule is CCC(c1cccc(C)c1)c1ccccc1N. The lowest BCUT2D eigenvalue weighted by molar-refractivity contribution is 0.779. The van der Waals surface area contributed by atoms with Gasteiger partial charge in [0.15, 0.2) is 0 Å². The second kappa shape index (κ2) is 5.05. The summed E-state index contributed by atoms with van der Waals surface area (Å²) in [5.74, 6) is 0.399. The Morgan fingerprint density at radius 3 is 2.47 bits per heavy atom. The van der Waals surface area contributed by atoms with E-state index in [9.17, 15) is 0 Å². The van der Waals surface area contributed by atoms with Crippen molar-refractivity contribution >= 4 is 5.69 Å². The molecule has 0 aliphatic carbocycles. The van der Waals surface area contributed by atoms with Gasteiger partial charge >= 0.3 is 0 Å². The molecule has 88 valence electrons. The maximum atomic E-state index is 6.07. The highest BCUT2D eigenvalue weighted by atomic mass is 14.6. The van der Waals surface area contributed by atoms with E-state index in [0.29, 0.717) is 5.92 Å². The number of para-hydroxylation sites is 1. The first-order chi connectivity index (χ1) is 8.22. The zero-order valence-electron chi connectivity index (χ0n) is 10.5. The molecule has 2 aromatic rings. The minimum Gasteiger partial charge on any atom is -0.398 e. The predicted molar refractivity (Wildman–Crippen MR) is 74.2 cm³/mol. The Bertz CT molecular complexity index is 502. The van der Waals surface area contributed by atoms with Crippen LogP contribution >= 0.6 is 0 Å². The fourth-order valence-corrected chi connectivity index (χ4v) is 2.35. The molecule has 0 spiro atoms. The largest absolute Gasteiger partial charge is 0.398 e. The van der Waals surface area contributed by atoms with Crippen LogP contribution < -0.4 is 5.73 Å². The van der Waals surface area contributed by atoms with Gasteiger partial charge in [-0.05, 0) is 30.5 Å². The molecule has 0 heterocycles. The number of hydrogen-bond donors (Lipinski definition) is 1. The van der Waals surface area contributed by atoms with E-state index in [1.54, 1.807) is 0 Å². The number of nitrogens with two attached hydrogens (primary N) is 1. The van der Waals surface area contributed by atoms with Crippen LogP contribution in [0.4, 0.5) is 5.69 Å². The Morgan fingerprint density at radius 1 is 1.06 bits per heavy atom. The summed E-state index contributed by atoms with van der Waals surface area (Å²) < 4.78 is 0. The van der Waals surface area contributed by atoms with E-state index < -0.39 is 0 Å². The lowest BCUT2D eigenvalue weighted by Crippen LogP contribution is -2.03. The number of hydrogen-bond acceptors (Lipinski definition) is 1. The summed E-state index contributed by atoms with van der Waals surface area (Å²) >= 11 is 0. The summed E-state index contributed by atoms with van der Waals surface area (Å²) in [5, 5.41) is 0. The molecule has 0 aliphatic heterocycles. The molecule has 1 atom stereocenters. The molecule has 0 fully saturated rings. The van der Waals surface area contributed by atoms with Gasteiger partial charge in [0, 0.05) is 11.6 Å². The van der Waals surface area contributed by atoms with Crippen LogP contribution in [0.25, 0.3) is 0 Å². The van der Waals surface area contributed by atoms with E-state index in [0.717, 1.165) is 12.1 Å². The van der Waals surface area contributed by atoms with Crippen LogP contribution in [0.3, 0.4) is 0 Å². The van der Waals surface area contributed by atoms with Crippen LogP contribution in [0.2, 0.25) is 0 Å². The van der Waals surface area contributed by atoms with E-state index in [2.05, 4.69) is 50.2 Å². The van der Waals surface area contributed by atoms with Gasteiger partial charge in [-0.2, -0.15) is 0 Å². The van der Waals surface area contributed by atoms with Crippen molar-refractivity contribution in [2.24, 2.45) is 0 Å². The van der Waals surface area contributed by atoms with E-state index in [4.69, 9.17) is 5.73 Å². The molecule has 2 N–H and O–H groups in total. The third-order valence-electron chi connectivity index (χ3n) is 3.22. The van der Waals surface area contributed by atoms with Gasteiger partial charge in [0.05, 0.1) is 0 Å². The lowest BCUT2D eigenvalue weighted by Gasteiger charge is -2.18. The van der Waals surface area contributed by atoms with Crippen LogP contribution in [-0.4, -0.2) is 0 Å². The predicted octanol–water partition coefficient (Wildman–Crippen LogP) is 4.12. The fraction of sp³-hybridized carbons (Fsp3) is 0.250. The van der Waals surface area contributed by atoms with E-state index in [-0.39, 0.29) is 0 Å². The summed E-state index contributed by atoms with van der Waals surface area (Å²) in [6.45, 7) is 4.34. The third-order valence-corrected chi connectivity index (χ3v) is 3.22. The van der Waals surface area contributed by atoms with Gasteiger partial charge in [-0.15, -0.1) is 0 Å². The second-order valence-electron chi connectivity index (χ2n) is 4.50. The summed E-state index contributed by atoms with van der Waals surface area (Å²) in [6, 6.07) is 16.8. The molecule has 1 heteroatoms. The molecule has 0 saturated heterocycles. The molecule has 17 heavy (non-hydrogen) atoms. The Kier molecular flexibility index (Phi) is 3.48. The first kappa shape index (κ1) is 11.7. The highest BCUT2D eigenvalue weighted by Gasteiger charge is 2.14.